The van der Waals surface area contributed by atoms with Crippen LogP contribution in [0.1, 0.15) is 5.56 Å². The lowest BCUT2D eigenvalue weighted by Crippen LogP contribution is -2.36. The summed E-state index contributed by atoms with van der Waals surface area (Å²) in [5.74, 6) is 0. The first-order valence-corrected chi connectivity index (χ1v) is 8.87. The van der Waals surface area contributed by atoms with Crippen molar-refractivity contribution in [2.75, 3.05) is 31.2 Å². The maximum absolute atomic E-state index is 5.47. The van der Waals surface area contributed by atoms with Crippen LogP contribution in [0, 0.1) is 10.6 Å². The molecule has 2 aromatic heterocycles. The van der Waals surface area contributed by atoms with Crippen LogP contribution in [-0.4, -0.2) is 35.7 Å². The lowest BCUT2D eigenvalue weighted by Gasteiger charge is -2.30. The van der Waals surface area contributed by atoms with Crippen molar-refractivity contribution in [2.45, 2.75) is 6.92 Å². The molecule has 0 saturated carbocycles. The third-order valence-corrected chi connectivity index (χ3v) is 5.23. The van der Waals surface area contributed by atoms with Gasteiger partial charge in [-0.3, -0.25) is 4.40 Å². The number of ether oxygens (including phenoxy) is 1. The first-order chi connectivity index (χ1) is 11.2. The second-order valence-corrected chi connectivity index (χ2v) is 6.88. The van der Waals surface area contributed by atoms with E-state index in [0.29, 0.717) is 0 Å². The fraction of sp³-hybridized carbons (Fsp3) is 0.278. The maximum Gasteiger partial charge on any atom is 0.138 e. The second-order valence-electron chi connectivity index (χ2n) is 5.77. The molecule has 3 heterocycles. The molecule has 118 valence electrons. The minimum absolute atomic E-state index is 0.808. The van der Waals surface area contributed by atoms with E-state index in [9.17, 15) is 0 Å². The highest BCUT2D eigenvalue weighted by Gasteiger charge is 2.15. The molecule has 1 aromatic carbocycles. The van der Waals surface area contributed by atoms with Gasteiger partial charge in [0.05, 0.1) is 19.4 Å². The van der Waals surface area contributed by atoms with Crippen molar-refractivity contribution in [1.29, 1.82) is 0 Å². The van der Waals surface area contributed by atoms with Crippen molar-refractivity contribution < 1.29 is 4.74 Å². The predicted molar refractivity (Wildman–Crippen MR) is 101 cm³/mol. The quantitative estimate of drug-likeness (QED) is 0.593. The van der Waals surface area contributed by atoms with Gasteiger partial charge in [-0.25, -0.2) is 4.98 Å². The zero-order valence-corrected chi connectivity index (χ0v) is 15.2. The van der Waals surface area contributed by atoms with Gasteiger partial charge in [-0.15, -0.1) is 0 Å². The fourth-order valence-corrected chi connectivity index (χ4v) is 3.75. The highest BCUT2D eigenvalue weighted by molar-refractivity contribution is 14.1. The van der Waals surface area contributed by atoms with Crippen LogP contribution in [0.4, 0.5) is 5.69 Å². The van der Waals surface area contributed by atoms with E-state index in [1.165, 1.54) is 22.4 Å². The standard InChI is InChI=1S/C18H18IN3O/c1-13-15(3-2-4-16(13)21-7-9-23-10-8-21)14-5-6-22-17(19)12-20-18(22)11-14/h2-6,11-12H,7-10H2,1H3. The third-order valence-electron chi connectivity index (χ3n) is 4.44. The average Bonchev–Trinajstić information content (AvgIpc) is 2.96. The van der Waals surface area contributed by atoms with Crippen LogP contribution in [0.5, 0.6) is 0 Å². The zero-order valence-electron chi connectivity index (χ0n) is 13.0. The van der Waals surface area contributed by atoms with Gasteiger partial charge in [0.25, 0.3) is 0 Å². The second kappa shape index (κ2) is 6.13. The number of halogens is 1. The molecular weight excluding hydrogens is 401 g/mol. The molecule has 1 aliphatic rings. The minimum Gasteiger partial charge on any atom is -0.378 e. The van der Waals surface area contributed by atoms with Crippen molar-refractivity contribution in [3.63, 3.8) is 0 Å². The largest absolute Gasteiger partial charge is 0.378 e. The Morgan fingerprint density at radius 1 is 1.17 bits per heavy atom. The number of benzene rings is 1. The van der Waals surface area contributed by atoms with Gasteiger partial charge in [0, 0.05) is 25.0 Å². The zero-order chi connectivity index (χ0) is 15.8. The molecule has 0 atom stereocenters. The Bertz CT molecular complexity index is 853. The van der Waals surface area contributed by atoms with Gasteiger partial charge >= 0.3 is 0 Å². The number of anilines is 1. The predicted octanol–water partition coefficient (Wildman–Crippen LogP) is 3.75. The van der Waals surface area contributed by atoms with Crippen molar-refractivity contribution >= 4 is 33.9 Å². The summed E-state index contributed by atoms with van der Waals surface area (Å²) in [7, 11) is 0. The monoisotopic (exact) mass is 419 g/mol. The summed E-state index contributed by atoms with van der Waals surface area (Å²) in [6, 6.07) is 10.9. The SMILES string of the molecule is Cc1c(-c2ccn3c(I)cnc3c2)cccc1N1CCOCC1. The van der Waals surface area contributed by atoms with Gasteiger partial charge in [0.15, 0.2) is 0 Å². The number of fused-ring (bicyclic) bond motifs is 1. The Morgan fingerprint density at radius 2 is 2.00 bits per heavy atom. The number of hydrogen-bond acceptors (Lipinski definition) is 3. The molecule has 5 heteroatoms. The molecule has 4 rings (SSSR count). The Morgan fingerprint density at radius 3 is 2.83 bits per heavy atom. The van der Waals surface area contributed by atoms with E-state index in [1.54, 1.807) is 0 Å². The number of nitrogens with zero attached hydrogens (tertiary/aromatic N) is 3. The molecule has 1 aliphatic heterocycles. The van der Waals surface area contributed by atoms with Crippen molar-refractivity contribution in [3.05, 3.63) is 52.0 Å². The van der Waals surface area contributed by atoms with Gasteiger partial charge in [0.1, 0.15) is 9.35 Å². The van der Waals surface area contributed by atoms with Gasteiger partial charge in [-0.05, 0) is 64.4 Å². The summed E-state index contributed by atoms with van der Waals surface area (Å²) in [6.07, 6.45) is 4.00. The van der Waals surface area contributed by atoms with Crippen LogP contribution in [0.3, 0.4) is 0 Å². The number of pyridine rings is 1. The van der Waals surface area contributed by atoms with Crippen molar-refractivity contribution in [2.24, 2.45) is 0 Å². The molecule has 4 nitrogen and oxygen atoms in total. The number of morpholine rings is 1. The van der Waals surface area contributed by atoms with Gasteiger partial charge < -0.3 is 9.64 Å². The Labute approximate surface area is 149 Å². The summed E-state index contributed by atoms with van der Waals surface area (Å²) < 4.78 is 8.70. The molecular formula is C18H18IN3O. The molecule has 23 heavy (non-hydrogen) atoms. The highest BCUT2D eigenvalue weighted by Crippen LogP contribution is 2.31. The molecule has 0 spiro atoms. The lowest BCUT2D eigenvalue weighted by atomic mass is 9.99. The smallest absolute Gasteiger partial charge is 0.138 e. The minimum atomic E-state index is 0.808. The van der Waals surface area contributed by atoms with Crippen molar-refractivity contribution in [1.82, 2.24) is 9.38 Å². The number of rotatable bonds is 2. The molecule has 1 fully saturated rings. The Balaban J connectivity index is 1.77. The summed E-state index contributed by atoms with van der Waals surface area (Å²) in [5, 5.41) is 0. The van der Waals surface area contributed by atoms with Crippen LogP contribution in [0.2, 0.25) is 0 Å². The van der Waals surface area contributed by atoms with Gasteiger partial charge in [0.2, 0.25) is 0 Å². The number of hydrogen-bond donors (Lipinski definition) is 0. The molecule has 0 bridgehead atoms. The number of imidazole rings is 1. The van der Waals surface area contributed by atoms with Crippen LogP contribution >= 0.6 is 22.6 Å². The molecule has 0 amide bonds. The van der Waals surface area contributed by atoms with Gasteiger partial charge in [-0.1, -0.05) is 12.1 Å². The highest BCUT2D eigenvalue weighted by atomic mass is 127. The lowest BCUT2D eigenvalue weighted by molar-refractivity contribution is 0.122. The maximum atomic E-state index is 5.47. The Hall–Kier alpha value is -1.60. The van der Waals surface area contributed by atoms with E-state index in [2.05, 4.69) is 80.3 Å². The molecule has 1 saturated heterocycles. The summed E-state index contributed by atoms with van der Waals surface area (Å²) in [6.45, 7) is 5.74. The first-order valence-electron chi connectivity index (χ1n) is 7.79. The Kier molecular flexibility index (Phi) is 3.98. The molecule has 0 aliphatic carbocycles. The van der Waals surface area contributed by atoms with E-state index in [0.717, 1.165) is 35.7 Å². The van der Waals surface area contributed by atoms with E-state index in [4.69, 9.17) is 4.74 Å². The molecule has 3 aromatic rings. The average molecular weight is 419 g/mol. The van der Waals surface area contributed by atoms with Crippen LogP contribution in [0.15, 0.2) is 42.7 Å². The third kappa shape index (κ3) is 2.72. The van der Waals surface area contributed by atoms with E-state index in [1.807, 2.05) is 6.20 Å². The summed E-state index contributed by atoms with van der Waals surface area (Å²) >= 11 is 2.30. The summed E-state index contributed by atoms with van der Waals surface area (Å²) in [5.41, 5.74) is 6.10. The van der Waals surface area contributed by atoms with Crippen LogP contribution in [-0.2, 0) is 4.74 Å². The van der Waals surface area contributed by atoms with Gasteiger partial charge in [-0.2, -0.15) is 0 Å². The molecule has 0 unspecified atom stereocenters. The van der Waals surface area contributed by atoms with E-state index in [-0.39, 0.29) is 0 Å². The van der Waals surface area contributed by atoms with Crippen LogP contribution in [0.25, 0.3) is 16.8 Å². The number of aromatic nitrogens is 2. The molecule has 0 radical (unpaired) electrons. The van der Waals surface area contributed by atoms with E-state index < -0.39 is 0 Å². The molecule has 0 N–H and O–H groups in total. The fourth-order valence-electron chi connectivity index (χ4n) is 3.20. The topological polar surface area (TPSA) is 29.8 Å². The summed E-state index contributed by atoms with van der Waals surface area (Å²) in [4.78, 5) is 6.89. The van der Waals surface area contributed by atoms with E-state index >= 15 is 0 Å². The van der Waals surface area contributed by atoms with Crippen LogP contribution < -0.4 is 4.90 Å². The normalized spacial score (nSPS) is 15.3. The first kappa shape index (κ1) is 15.0. The van der Waals surface area contributed by atoms with Crippen molar-refractivity contribution in [3.8, 4) is 11.1 Å².